The molecule has 1 aromatic heterocycles. The Balaban J connectivity index is 1.73. The molecule has 0 fully saturated rings. The summed E-state index contributed by atoms with van der Waals surface area (Å²) in [7, 11) is 0. The summed E-state index contributed by atoms with van der Waals surface area (Å²) in [6, 6.07) is 3.68. The monoisotopic (exact) mass is 334 g/mol. The van der Waals surface area contributed by atoms with Gasteiger partial charge in [-0.1, -0.05) is 12.2 Å². The molecule has 0 unspecified atom stereocenters. The molecule has 1 atom stereocenters. The van der Waals surface area contributed by atoms with Crippen molar-refractivity contribution in [1.82, 2.24) is 4.98 Å². The van der Waals surface area contributed by atoms with Crippen LogP contribution in [0.25, 0.3) is 11.3 Å². The molecule has 1 aliphatic carbocycles. The zero-order chi connectivity index (χ0) is 16.4. The van der Waals surface area contributed by atoms with Gasteiger partial charge in [0.15, 0.2) is 16.8 Å². The lowest BCUT2D eigenvalue weighted by molar-refractivity contribution is -0.116. The molecule has 2 aromatic rings. The third-order valence-corrected chi connectivity index (χ3v) is 4.68. The number of allylic oxidation sites excluding steroid dienone is 2. The molecule has 0 bridgehead atoms. The van der Waals surface area contributed by atoms with Crippen LogP contribution < -0.4 is 5.32 Å². The Morgan fingerprint density at radius 3 is 2.91 bits per heavy atom. The molecule has 23 heavy (non-hydrogen) atoms. The molecule has 0 aliphatic heterocycles. The summed E-state index contributed by atoms with van der Waals surface area (Å²) in [5.74, 6) is -1.58. The molecule has 120 valence electrons. The molecule has 1 aromatic carbocycles. The topological polar surface area (TPSA) is 42.0 Å². The van der Waals surface area contributed by atoms with Crippen molar-refractivity contribution >= 4 is 22.4 Å². The van der Waals surface area contributed by atoms with Gasteiger partial charge in [-0.25, -0.2) is 13.8 Å². The van der Waals surface area contributed by atoms with E-state index in [1.807, 2.05) is 6.92 Å². The third kappa shape index (κ3) is 3.64. The van der Waals surface area contributed by atoms with E-state index in [0.717, 1.165) is 29.9 Å². The second-order valence-electron chi connectivity index (χ2n) is 5.57. The van der Waals surface area contributed by atoms with E-state index in [2.05, 4.69) is 22.5 Å². The predicted molar refractivity (Wildman–Crippen MR) is 87.3 cm³/mol. The Labute approximate surface area is 137 Å². The smallest absolute Gasteiger partial charge is 0.226 e. The van der Waals surface area contributed by atoms with E-state index < -0.39 is 11.6 Å². The van der Waals surface area contributed by atoms with Crippen molar-refractivity contribution in [3.63, 3.8) is 0 Å². The van der Waals surface area contributed by atoms with Gasteiger partial charge in [0, 0.05) is 16.9 Å². The van der Waals surface area contributed by atoms with Crippen LogP contribution in [0.2, 0.25) is 0 Å². The number of benzene rings is 1. The lowest BCUT2D eigenvalue weighted by atomic mass is 10.1. The summed E-state index contributed by atoms with van der Waals surface area (Å²) in [5, 5.41) is 3.27. The van der Waals surface area contributed by atoms with E-state index in [-0.39, 0.29) is 5.91 Å². The third-order valence-electron chi connectivity index (χ3n) is 3.80. The van der Waals surface area contributed by atoms with Crippen LogP contribution in [0.15, 0.2) is 30.4 Å². The number of nitrogens with one attached hydrogen (secondary N) is 1. The number of anilines is 1. The average molecular weight is 334 g/mol. The SMILES string of the molecule is Cc1sc(NC(=O)C[C@H]2C=CCC2)nc1-c1ccc(F)c(F)c1. The van der Waals surface area contributed by atoms with Crippen molar-refractivity contribution < 1.29 is 13.6 Å². The number of halogens is 2. The van der Waals surface area contributed by atoms with Gasteiger partial charge in [0.05, 0.1) is 5.69 Å². The van der Waals surface area contributed by atoms with Crippen LogP contribution in [0.4, 0.5) is 13.9 Å². The minimum absolute atomic E-state index is 0.0767. The second kappa shape index (κ2) is 6.58. The number of thiazole rings is 1. The first kappa shape index (κ1) is 15.8. The fraction of sp³-hybridized carbons (Fsp3) is 0.294. The van der Waals surface area contributed by atoms with Crippen LogP contribution in [0, 0.1) is 24.5 Å². The summed E-state index contributed by atoms with van der Waals surface area (Å²) in [6.45, 7) is 1.84. The molecule has 0 spiro atoms. The molecule has 1 aliphatic rings. The van der Waals surface area contributed by atoms with E-state index in [0.29, 0.717) is 28.7 Å². The lowest BCUT2D eigenvalue weighted by Crippen LogP contribution is -2.14. The molecule has 3 rings (SSSR count). The fourth-order valence-corrected chi connectivity index (χ4v) is 3.49. The maximum Gasteiger partial charge on any atom is 0.226 e. The Morgan fingerprint density at radius 2 is 2.22 bits per heavy atom. The zero-order valence-electron chi connectivity index (χ0n) is 12.6. The first-order chi connectivity index (χ1) is 11.0. The standard InChI is InChI=1S/C17H16F2N2OS/c1-10-16(12-6-7-13(18)14(19)9-12)21-17(23-10)20-15(22)8-11-4-2-3-5-11/h2,4,6-7,9,11H,3,5,8H2,1H3,(H,20,21,22)/t11-/m0/s1. The number of aryl methyl sites for hydroxylation is 1. The molecule has 1 N–H and O–H groups in total. The molecule has 1 amide bonds. The highest BCUT2D eigenvalue weighted by Gasteiger charge is 2.17. The number of hydrogen-bond donors (Lipinski definition) is 1. The summed E-state index contributed by atoms with van der Waals surface area (Å²) < 4.78 is 26.4. The normalized spacial score (nSPS) is 16.7. The molecule has 0 radical (unpaired) electrons. The van der Waals surface area contributed by atoms with Gasteiger partial charge < -0.3 is 5.32 Å². The first-order valence-corrected chi connectivity index (χ1v) is 8.24. The van der Waals surface area contributed by atoms with Crippen molar-refractivity contribution in [3.05, 3.63) is 46.9 Å². The van der Waals surface area contributed by atoms with Crippen molar-refractivity contribution in [2.75, 3.05) is 5.32 Å². The number of aromatic nitrogens is 1. The van der Waals surface area contributed by atoms with Crippen molar-refractivity contribution in [1.29, 1.82) is 0 Å². The molecule has 6 heteroatoms. The highest BCUT2D eigenvalue weighted by molar-refractivity contribution is 7.16. The van der Waals surface area contributed by atoms with Gasteiger partial charge in [-0.2, -0.15) is 0 Å². The number of amides is 1. The summed E-state index contributed by atoms with van der Waals surface area (Å²) >= 11 is 1.33. The van der Waals surface area contributed by atoms with Crippen LogP contribution in [-0.2, 0) is 4.79 Å². The average Bonchev–Trinajstić information content (AvgIpc) is 3.12. The van der Waals surface area contributed by atoms with Crippen molar-refractivity contribution in [2.24, 2.45) is 5.92 Å². The number of carbonyl (C=O) groups excluding carboxylic acids is 1. The Morgan fingerprint density at radius 1 is 1.39 bits per heavy atom. The molecule has 3 nitrogen and oxygen atoms in total. The van der Waals surface area contributed by atoms with Crippen LogP contribution in [0.3, 0.4) is 0 Å². The minimum atomic E-state index is -0.909. The minimum Gasteiger partial charge on any atom is -0.302 e. The second-order valence-corrected chi connectivity index (χ2v) is 6.77. The van der Waals surface area contributed by atoms with Gasteiger partial charge >= 0.3 is 0 Å². The van der Waals surface area contributed by atoms with E-state index >= 15 is 0 Å². The molecule has 0 saturated carbocycles. The first-order valence-electron chi connectivity index (χ1n) is 7.42. The zero-order valence-corrected chi connectivity index (χ0v) is 13.4. The largest absolute Gasteiger partial charge is 0.302 e. The number of rotatable bonds is 4. The van der Waals surface area contributed by atoms with Gasteiger partial charge in [-0.05, 0) is 43.9 Å². The maximum absolute atomic E-state index is 13.4. The van der Waals surface area contributed by atoms with E-state index in [9.17, 15) is 13.6 Å². The maximum atomic E-state index is 13.4. The van der Waals surface area contributed by atoms with Gasteiger partial charge in [-0.15, -0.1) is 11.3 Å². The highest BCUT2D eigenvalue weighted by atomic mass is 32.1. The van der Waals surface area contributed by atoms with Crippen molar-refractivity contribution in [3.8, 4) is 11.3 Å². The van der Waals surface area contributed by atoms with Gasteiger partial charge in [0.2, 0.25) is 5.91 Å². The molecule has 0 saturated heterocycles. The van der Waals surface area contributed by atoms with Gasteiger partial charge in [0.25, 0.3) is 0 Å². The van der Waals surface area contributed by atoms with Crippen LogP contribution in [0.1, 0.15) is 24.1 Å². The van der Waals surface area contributed by atoms with E-state index in [4.69, 9.17) is 0 Å². The predicted octanol–water partition coefficient (Wildman–Crippen LogP) is 4.69. The van der Waals surface area contributed by atoms with Crippen LogP contribution in [-0.4, -0.2) is 10.9 Å². The van der Waals surface area contributed by atoms with E-state index in [1.54, 1.807) is 0 Å². The Kier molecular flexibility index (Phi) is 4.52. The molecule has 1 heterocycles. The van der Waals surface area contributed by atoms with E-state index in [1.165, 1.54) is 17.4 Å². The highest BCUT2D eigenvalue weighted by Crippen LogP contribution is 2.31. The number of hydrogen-bond acceptors (Lipinski definition) is 3. The summed E-state index contributed by atoms with van der Waals surface area (Å²) in [5.41, 5.74) is 1.06. The van der Waals surface area contributed by atoms with Crippen molar-refractivity contribution in [2.45, 2.75) is 26.2 Å². The summed E-state index contributed by atoms with van der Waals surface area (Å²) in [4.78, 5) is 17.2. The quantitative estimate of drug-likeness (QED) is 0.824. The van der Waals surface area contributed by atoms with Gasteiger partial charge in [-0.3, -0.25) is 4.79 Å². The number of carbonyl (C=O) groups is 1. The Bertz CT molecular complexity index is 770. The van der Waals surface area contributed by atoms with Gasteiger partial charge in [0.1, 0.15) is 0 Å². The Hall–Kier alpha value is -2.08. The lowest BCUT2D eigenvalue weighted by Gasteiger charge is -2.06. The molecular weight excluding hydrogens is 318 g/mol. The fourth-order valence-electron chi connectivity index (χ4n) is 2.63. The van der Waals surface area contributed by atoms with Crippen LogP contribution >= 0.6 is 11.3 Å². The molecular formula is C17H16F2N2OS. The number of nitrogens with zero attached hydrogens (tertiary/aromatic N) is 1. The van der Waals surface area contributed by atoms with Crippen LogP contribution in [0.5, 0.6) is 0 Å². The summed E-state index contributed by atoms with van der Waals surface area (Å²) in [6.07, 6.45) is 6.63.